The van der Waals surface area contributed by atoms with Crippen molar-refractivity contribution >= 4 is 22.5 Å². The van der Waals surface area contributed by atoms with E-state index in [2.05, 4.69) is 10.3 Å². The van der Waals surface area contributed by atoms with E-state index in [1.54, 1.807) is 30.5 Å². The van der Waals surface area contributed by atoms with Crippen molar-refractivity contribution in [3.8, 4) is 11.1 Å². The Bertz CT molecular complexity index is 1110. The number of rotatable bonds is 3. The Kier molecular flexibility index (Phi) is 4.15. The quantitative estimate of drug-likeness (QED) is 0.549. The van der Waals surface area contributed by atoms with Crippen LogP contribution in [0.2, 0.25) is 0 Å². The number of fused-ring (bicyclic) bond motifs is 1. The third-order valence-electron chi connectivity index (χ3n) is 4.13. The summed E-state index contributed by atoms with van der Waals surface area (Å²) >= 11 is 0. The van der Waals surface area contributed by atoms with E-state index < -0.39 is 5.82 Å². The highest BCUT2D eigenvalue weighted by molar-refractivity contribution is 6.05. The van der Waals surface area contributed by atoms with Crippen molar-refractivity contribution in [3.63, 3.8) is 0 Å². The second-order valence-corrected chi connectivity index (χ2v) is 5.96. The second-order valence-electron chi connectivity index (χ2n) is 5.96. The van der Waals surface area contributed by atoms with Gasteiger partial charge in [0.05, 0.1) is 5.52 Å². The standard InChI is InChI=1S/C22H15FN2O/c23-19-8-4-9-20(13-19)25-22(26)17-7-3-6-15(11-17)18-12-16-5-1-2-10-21(16)24-14-18/h1-14H,(H,25,26). The molecule has 0 aliphatic rings. The molecule has 126 valence electrons. The summed E-state index contributed by atoms with van der Waals surface area (Å²) < 4.78 is 13.3. The van der Waals surface area contributed by atoms with Crippen LogP contribution >= 0.6 is 0 Å². The minimum absolute atomic E-state index is 0.286. The molecule has 0 unspecified atom stereocenters. The molecule has 0 atom stereocenters. The van der Waals surface area contributed by atoms with E-state index in [1.165, 1.54) is 12.1 Å². The lowest BCUT2D eigenvalue weighted by Gasteiger charge is -2.08. The van der Waals surface area contributed by atoms with E-state index in [9.17, 15) is 9.18 Å². The zero-order chi connectivity index (χ0) is 17.9. The first-order valence-corrected chi connectivity index (χ1v) is 8.21. The van der Waals surface area contributed by atoms with Gasteiger partial charge in [0, 0.05) is 28.4 Å². The van der Waals surface area contributed by atoms with Crippen LogP contribution < -0.4 is 5.32 Å². The van der Waals surface area contributed by atoms with Gasteiger partial charge in [-0.1, -0.05) is 36.4 Å². The van der Waals surface area contributed by atoms with E-state index in [0.29, 0.717) is 11.3 Å². The predicted molar refractivity (Wildman–Crippen MR) is 102 cm³/mol. The molecule has 0 spiro atoms. The van der Waals surface area contributed by atoms with Gasteiger partial charge in [-0.3, -0.25) is 9.78 Å². The van der Waals surface area contributed by atoms with Gasteiger partial charge in [0.25, 0.3) is 5.91 Å². The SMILES string of the molecule is O=C(Nc1cccc(F)c1)c1cccc(-c2cnc3ccccc3c2)c1. The highest BCUT2D eigenvalue weighted by atomic mass is 19.1. The van der Waals surface area contributed by atoms with Crippen LogP contribution in [0.25, 0.3) is 22.0 Å². The molecule has 0 saturated carbocycles. The first kappa shape index (κ1) is 16.0. The lowest BCUT2D eigenvalue weighted by atomic mass is 10.0. The fraction of sp³-hybridized carbons (Fsp3) is 0. The monoisotopic (exact) mass is 342 g/mol. The summed E-state index contributed by atoms with van der Waals surface area (Å²) in [6, 6.07) is 23.1. The summed E-state index contributed by atoms with van der Waals surface area (Å²) in [5, 5.41) is 3.75. The van der Waals surface area contributed by atoms with Crippen LogP contribution in [0.3, 0.4) is 0 Å². The van der Waals surface area contributed by atoms with Crippen LogP contribution in [0, 0.1) is 5.82 Å². The molecule has 26 heavy (non-hydrogen) atoms. The van der Waals surface area contributed by atoms with Crippen LogP contribution in [-0.2, 0) is 0 Å². The predicted octanol–water partition coefficient (Wildman–Crippen LogP) is 5.29. The molecule has 4 heteroatoms. The fourth-order valence-electron chi connectivity index (χ4n) is 2.84. The largest absolute Gasteiger partial charge is 0.322 e. The number of hydrogen-bond donors (Lipinski definition) is 1. The number of carbonyl (C=O) groups is 1. The minimum atomic E-state index is -0.390. The maximum absolute atomic E-state index is 13.3. The Balaban J connectivity index is 1.64. The number of pyridine rings is 1. The minimum Gasteiger partial charge on any atom is -0.322 e. The molecule has 4 aromatic rings. The number of anilines is 1. The van der Waals surface area contributed by atoms with Crippen molar-refractivity contribution in [3.05, 3.63) is 96.4 Å². The van der Waals surface area contributed by atoms with Gasteiger partial charge in [-0.25, -0.2) is 4.39 Å². The Labute approximate surface area is 150 Å². The number of benzene rings is 3. The average Bonchev–Trinajstić information content (AvgIpc) is 2.68. The molecule has 0 radical (unpaired) electrons. The van der Waals surface area contributed by atoms with Gasteiger partial charge in [0.2, 0.25) is 0 Å². The molecule has 3 aromatic carbocycles. The fourth-order valence-corrected chi connectivity index (χ4v) is 2.84. The summed E-state index contributed by atoms with van der Waals surface area (Å²) in [7, 11) is 0. The number of carbonyl (C=O) groups excluding carboxylic acids is 1. The van der Waals surface area contributed by atoms with Crippen LogP contribution in [-0.4, -0.2) is 10.9 Å². The van der Waals surface area contributed by atoms with E-state index in [4.69, 9.17) is 0 Å². The van der Waals surface area contributed by atoms with Crippen LogP contribution in [0.1, 0.15) is 10.4 Å². The van der Waals surface area contributed by atoms with Crippen molar-refractivity contribution in [2.75, 3.05) is 5.32 Å². The highest BCUT2D eigenvalue weighted by Crippen LogP contribution is 2.24. The zero-order valence-corrected chi connectivity index (χ0v) is 13.8. The number of para-hydroxylation sites is 1. The number of nitrogens with zero attached hydrogens (tertiary/aromatic N) is 1. The maximum Gasteiger partial charge on any atom is 0.255 e. The molecule has 1 amide bonds. The molecule has 1 N–H and O–H groups in total. The van der Waals surface area contributed by atoms with Crippen molar-refractivity contribution < 1.29 is 9.18 Å². The molecule has 0 bridgehead atoms. The lowest BCUT2D eigenvalue weighted by molar-refractivity contribution is 0.102. The number of amides is 1. The third kappa shape index (κ3) is 3.30. The molecule has 1 heterocycles. The van der Waals surface area contributed by atoms with Crippen molar-refractivity contribution in [2.45, 2.75) is 0 Å². The maximum atomic E-state index is 13.3. The topological polar surface area (TPSA) is 42.0 Å². The normalized spacial score (nSPS) is 10.7. The second kappa shape index (κ2) is 6.76. The zero-order valence-electron chi connectivity index (χ0n) is 13.8. The Morgan fingerprint density at radius 3 is 2.58 bits per heavy atom. The van der Waals surface area contributed by atoms with Crippen LogP contribution in [0.5, 0.6) is 0 Å². The molecule has 0 fully saturated rings. The summed E-state index contributed by atoms with van der Waals surface area (Å²) in [6.07, 6.45) is 1.80. The number of nitrogens with one attached hydrogen (secondary N) is 1. The van der Waals surface area contributed by atoms with Gasteiger partial charge in [0.15, 0.2) is 0 Å². The van der Waals surface area contributed by atoms with E-state index >= 15 is 0 Å². The molecule has 0 aliphatic heterocycles. The number of aromatic nitrogens is 1. The smallest absolute Gasteiger partial charge is 0.255 e. The number of halogens is 1. The highest BCUT2D eigenvalue weighted by Gasteiger charge is 2.09. The molecule has 3 nitrogen and oxygen atoms in total. The Hall–Kier alpha value is -3.53. The van der Waals surface area contributed by atoms with Gasteiger partial charge in [-0.05, 0) is 48.0 Å². The molecule has 1 aromatic heterocycles. The summed E-state index contributed by atoms with van der Waals surface area (Å²) in [5.74, 6) is -0.676. The van der Waals surface area contributed by atoms with Crippen molar-refractivity contribution in [1.29, 1.82) is 0 Å². The summed E-state index contributed by atoms with van der Waals surface area (Å²) in [5.41, 5.74) is 3.68. The van der Waals surface area contributed by atoms with E-state index in [-0.39, 0.29) is 5.91 Å². The van der Waals surface area contributed by atoms with E-state index in [0.717, 1.165) is 22.0 Å². The Morgan fingerprint density at radius 1 is 0.846 bits per heavy atom. The van der Waals surface area contributed by atoms with Crippen molar-refractivity contribution in [1.82, 2.24) is 4.98 Å². The molecule has 4 rings (SSSR count). The first-order valence-electron chi connectivity index (χ1n) is 8.21. The third-order valence-corrected chi connectivity index (χ3v) is 4.13. The van der Waals surface area contributed by atoms with Gasteiger partial charge in [-0.15, -0.1) is 0 Å². The van der Waals surface area contributed by atoms with Crippen molar-refractivity contribution in [2.24, 2.45) is 0 Å². The van der Waals surface area contributed by atoms with Gasteiger partial charge in [-0.2, -0.15) is 0 Å². The molecule has 0 saturated heterocycles. The van der Waals surface area contributed by atoms with Gasteiger partial charge in [0.1, 0.15) is 5.82 Å². The summed E-state index contributed by atoms with van der Waals surface area (Å²) in [4.78, 5) is 16.9. The van der Waals surface area contributed by atoms with Crippen LogP contribution in [0.4, 0.5) is 10.1 Å². The molecular formula is C22H15FN2O. The lowest BCUT2D eigenvalue weighted by Crippen LogP contribution is -2.11. The van der Waals surface area contributed by atoms with Gasteiger partial charge < -0.3 is 5.32 Å². The van der Waals surface area contributed by atoms with E-state index in [1.807, 2.05) is 42.5 Å². The number of hydrogen-bond acceptors (Lipinski definition) is 2. The van der Waals surface area contributed by atoms with Crippen LogP contribution in [0.15, 0.2) is 85.1 Å². The Morgan fingerprint density at radius 2 is 1.69 bits per heavy atom. The molecular weight excluding hydrogens is 327 g/mol. The van der Waals surface area contributed by atoms with Gasteiger partial charge >= 0.3 is 0 Å². The average molecular weight is 342 g/mol. The summed E-state index contributed by atoms with van der Waals surface area (Å²) in [6.45, 7) is 0. The first-order chi connectivity index (χ1) is 12.7. The molecule has 0 aliphatic carbocycles.